The fourth-order valence-electron chi connectivity index (χ4n) is 3.08. The second kappa shape index (κ2) is 9.21. The smallest absolute Gasteiger partial charge is 0.147 e. The zero-order valence-electron chi connectivity index (χ0n) is 15.5. The number of hydrogen-bond donors (Lipinski definition) is 0. The van der Waals surface area contributed by atoms with Crippen LogP contribution in [0.4, 0.5) is 0 Å². The quantitative estimate of drug-likeness (QED) is 0.414. The van der Waals surface area contributed by atoms with Crippen LogP contribution in [0, 0.1) is 10.8 Å². The monoisotopic (exact) mass is 432 g/mol. The van der Waals surface area contributed by atoms with E-state index >= 15 is 0 Å². The summed E-state index contributed by atoms with van der Waals surface area (Å²) in [5.74, 6) is 0. The predicted octanol–water partition coefficient (Wildman–Crippen LogP) is 7.21. The van der Waals surface area contributed by atoms with E-state index in [2.05, 4.69) is 65.8 Å². The molecule has 2 rings (SSSR count). The minimum atomic E-state index is -0.600. The molecule has 0 aliphatic heterocycles. The molecule has 0 radical (unpaired) electrons. The average Bonchev–Trinajstić information content (AvgIpc) is 3.09. The Morgan fingerprint density at radius 3 is 1.43 bits per heavy atom. The SMILES string of the molecule is CCC(C)(C)C1=[C]([Zr][C]2=C(C(C)(C)CC)C=CC2)CC=C1.Cl.Cl. The Kier molecular flexibility index (Phi) is 9.38. The van der Waals surface area contributed by atoms with E-state index in [-0.39, 0.29) is 24.8 Å². The van der Waals surface area contributed by atoms with Crippen LogP contribution in [0.15, 0.2) is 42.0 Å². The first-order chi connectivity index (χ1) is 9.81. The van der Waals surface area contributed by atoms with Gasteiger partial charge in [0, 0.05) is 0 Å². The van der Waals surface area contributed by atoms with E-state index < -0.39 is 23.2 Å². The fraction of sp³-hybridized carbons (Fsp3) is 0.600. The first kappa shape index (κ1) is 23.4. The molecule has 0 saturated heterocycles. The van der Waals surface area contributed by atoms with E-state index in [4.69, 9.17) is 0 Å². The van der Waals surface area contributed by atoms with Gasteiger partial charge in [-0.2, -0.15) is 0 Å². The molecule has 0 aromatic carbocycles. The molecule has 130 valence electrons. The molecule has 0 heterocycles. The summed E-state index contributed by atoms with van der Waals surface area (Å²) in [4.78, 5) is 0. The summed E-state index contributed by atoms with van der Waals surface area (Å²) in [6.45, 7) is 14.3. The van der Waals surface area contributed by atoms with Gasteiger partial charge in [0.25, 0.3) is 0 Å². The molecule has 0 spiro atoms. The van der Waals surface area contributed by atoms with E-state index in [0.29, 0.717) is 10.8 Å². The van der Waals surface area contributed by atoms with Crippen molar-refractivity contribution in [1.29, 1.82) is 0 Å². The van der Waals surface area contributed by atoms with Crippen molar-refractivity contribution in [2.75, 3.05) is 0 Å². The topological polar surface area (TPSA) is 0 Å². The maximum absolute atomic E-state index is 2.42. The molecule has 0 aromatic rings. The Balaban J connectivity index is 0.00000242. The molecule has 0 N–H and O–H groups in total. The molecule has 0 atom stereocenters. The van der Waals surface area contributed by atoms with Crippen LogP contribution in [0.25, 0.3) is 0 Å². The van der Waals surface area contributed by atoms with Crippen LogP contribution >= 0.6 is 24.8 Å². The zero-order chi connectivity index (χ0) is 15.7. The molecule has 0 fully saturated rings. The van der Waals surface area contributed by atoms with Gasteiger partial charge in [-0.1, -0.05) is 0 Å². The summed E-state index contributed by atoms with van der Waals surface area (Å²) in [6.07, 6.45) is 14.6. The van der Waals surface area contributed by atoms with Gasteiger partial charge >= 0.3 is 143 Å². The second-order valence-corrected chi connectivity index (χ2v) is 11.2. The number of rotatable bonds is 6. The van der Waals surface area contributed by atoms with Gasteiger partial charge in [-0.15, -0.1) is 24.8 Å². The molecule has 0 nitrogen and oxygen atoms in total. The van der Waals surface area contributed by atoms with E-state index in [1.165, 1.54) is 25.7 Å². The molecular weight excluding hydrogens is 402 g/mol. The molecule has 0 saturated carbocycles. The van der Waals surface area contributed by atoms with Crippen molar-refractivity contribution >= 4 is 24.8 Å². The van der Waals surface area contributed by atoms with Gasteiger partial charge in [0.2, 0.25) is 0 Å². The van der Waals surface area contributed by atoms with Crippen molar-refractivity contribution in [1.82, 2.24) is 0 Å². The van der Waals surface area contributed by atoms with Crippen molar-refractivity contribution in [2.24, 2.45) is 10.8 Å². The number of allylic oxidation sites excluding steroid dienone is 8. The normalized spacial score (nSPS) is 17.5. The molecule has 0 unspecified atom stereocenters. The van der Waals surface area contributed by atoms with Crippen LogP contribution in [0.1, 0.15) is 67.2 Å². The van der Waals surface area contributed by atoms with Crippen molar-refractivity contribution in [3.63, 3.8) is 0 Å². The van der Waals surface area contributed by atoms with E-state index in [0.717, 1.165) is 0 Å². The predicted molar refractivity (Wildman–Crippen MR) is 104 cm³/mol. The molecule has 3 heteroatoms. The molecule has 0 bridgehead atoms. The molecule has 0 amide bonds. The summed E-state index contributed by atoms with van der Waals surface area (Å²) in [5, 5.41) is 0. The van der Waals surface area contributed by atoms with E-state index in [1.807, 2.05) is 6.56 Å². The molecule has 0 aromatic heterocycles. The maximum Gasteiger partial charge on any atom is -0.147 e. The third-order valence-corrected chi connectivity index (χ3v) is 9.20. The van der Waals surface area contributed by atoms with E-state index in [9.17, 15) is 0 Å². The van der Waals surface area contributed by atoms with Crippen molar-refractivity contribution in [3.8, 4) is 0 Å². The van der Waals surface area contributed by atoms with Gasteiger partial charge in [-0.25, -0.2) is 0 Å². The molecular formula is C20H32Cl2Zr. The molecule has 2 aliphatic carbocycles. The first-order valence-electron chi connectivity index (χ1n) is 8.39. The van der Waals surface area contributed by atoms with Crippen LogP contribution in [-0.2, 0) is 23.2 Å². The largest absolute Gasteiger partial charge is 0.147 e. The Morgan fingerprint density at radius 1 is 0.783 bits per heavy atom. The Morgan fingerprint density at radius 2 is 1.13 bits per heavy atom. The van der Waals surface area contributed by atoms with Gasteiger partial charge < -0.3 is 0 Å². The zero-order valence-corrected chi connectivity index (χ0v) is 19.5. The van der Waals surface area contributed by atoms with Crippen LogP contribution in [0.3, 0.4) is 0 Å². The van der Waals surface area contributed by atoms with Gasteiger partial charge in [-0.05, 0) is 0 Å². The van der Waals surface area contributed by atoms with Gasteiger partial charge in [0.15, 0.2) is 0 Å². The van der Waals surface area contributed by atoms with Crippen molar-refractivity contribution in [2.45, 2.75) is 67.2 Å². The Labute approximate surface area is 167 Å². The van der Waals surface area contributed by atoms with Crippen LogP contribution < -0.4 is 0 Å². The average molecular weight is 435 g/mol. The third-order valence-electron chi connectivity index (χ3n) is 5.39. The third kappa shape index (κ3) is 5.20. The van der Waals surface area contributed by atoms with Crippen molar-refractivity contribution < 1.29 is 23.2 Å². The van der Waals surface area contributed by atoms with Crippen LogP contribution in [0.2, 0.25) is 0 Å². The van der Waals surface area contributed by atoms with Crippen LogP contribution in [-0.4, -0.2) is 0 Å². The molecule has 23 heavy (non-hydrogen) atoms. The van der Waals surface area contributed by atoms with E-state index in [1.54, 1.807) is 11.1 Å². The summed E-state index contributed by atoms with van der Waals surface area (Å²) in [7, 11) is 0. The summed E-state index contributed by atoms with van der Waals surface area (Å²) >= 11 is -0.600. The minimum absolute atomic E-state index is 0. The molecule has 2 aliphatic rings. The Bertz CT molecular complexity index is 486. The van der Waals surface area contributed by atoms with Gasteiger partial charge in [0.05, 0.1) is 0 Å². The maximum atomic E-state index is 2.42. The standard InChI is InChI=1S/2C10H15.2ClH.Zr/c2*1-4-10(2,3)9-7-5-6-8-9;;;/h2*5,7H,4,6H2,1-3H3;2*1H;. The Hall–Kier alpha value is 0.423. The van der Waals surface area contributed by atoms with Gasteiger partial charge in [0.1, 0.15) is 0 Å². The first-order valence-corrected chi connectivity index (χ1v) is 10.8. The second-order valence-electron chi connectivity index (χ2n) is 7.60. The van der Waals surface area contributed by atoms with Crippen molar-refractivity contribution in [3.05, 3.63) is 42.0 Å². The number of halogens is 2. The number of hydrogen-bond acceptors (Lipinski definition) is 0. The van der Waals surface area contributed by atoms with Gasteiger partial charge in [-0.3, -0.25) is 0 Å². The summed E-state index contributed by atoms with van der Waals surface area (Å²) in [6, 6.07) is 0. The fourth-order valence-corrected chi connectivity index (χ4v) is 7.79. The summed E-state index contributed by atoms with van der Waals surface area (Å²) < 4.78 is 3.65. The van der Waals surface area contributed by atoms with Crippen LogP contribution in [0.5, 0.6) is 0 Å². The summed E-state index contributed by atoms with van der Waals surface area (Å²) in [5.41, 5.74) is 4.06. The minimum Gasteiger partial charge on any atom is -0.147 e.